The monoisotopic (exact) mass is 281 g/mol. The van der Waals surface area contributed by atoms with Crippen molar-refractivity contribution in [2.45, 2.75) is 52.6 Å². The molecule has 2 atom stereocenters. The van der Waals surface area contributed by atoms with Gasteiger partial charge >= 0.3 is 0 Å². The number of benzene rings is 2. The van der Waals surface area contributed by atoms with Crippen LogP contribution in [0.15, 0.2) is 48.5 Å². The average molecular weight is 281 g/mol. The van der Waals surface area contributed by atoms with Crippen LogP contribution >= 0.6 is 0 Å². The van der Waals surface area contributed by atoms with Crippen molar-refractivity contribution >= 4 is 0 Å². The Bertz CT molecular complexity index is 556. The summed E-state index contributed by atoms with van der Waals surface area (Å²) in [5.74, 6) is 0. The van der Waals surface area contributed by atoms with Crippen LogP contribution in [0.1, 0.15) is 61.5 Å². The van der Waals surface area contributed by atoms with Gasteiger partial charge in [0.25, 0.3) is 0 Å². The maximum atomic E-state index is 3.70. The highest BCUT2D eigenvalue weighted by molar-refractivity contribution is 5.29. The summed E-state index contributed by atoms with van der Waals surface area (Å²) >= 11 is 0. The number of aryl methyl sites for hydroxylation is 2. The lowest BCUT2D eigenvalue weighted by Crippen LogP contribution is -2.23. The second kappa shape index (κ2) is 7.42. The number of hydrogen-bond donors (Lipinski definition) is 1. The van der Waals surface area contributed by atoms with Crippen LogP contribution in [0, 0.1) is 6.92 Å². The fraction of sp³-hybridized carbons (Fsp3) is 0.400. The van der Waals surface area contributed by atoms with Crippen molar-refractivity contribution in [1.82, 2.24) is 5.32 Å². The molecule has 0 aliphatic heterocycles. The minimum atomic E-state index is 0.357. The Labute approximate surface area is 129 Å². The Hall–Kier alpha value is -1.60. The zero-order valence-electron chi connectivity index (χ0n) is 13.7. The normalized spacial score (nSPS) is 13.9. The van der Waals surface area contributed by atoms with Crippen molar-refractivity contribution in [2.24, 2.45) is 0 Å². The van der Waals surface area contributed by atoms with Crippen LogP contribution in [0.3, 0.4) is 0 Å². The molecule has 0 radical (unpaired) electrons. The molecule has 0 heterocycles. The standard InChI is InChI=1S/C20H27N/c1-5-8-18-11-13-19(14-12-18)16(3)21-17(4)20-10-7-6-9-15(20)2/h6-7,9-14,16-17,21H,5,8H2,1-4H3. The first-order chi connectivity index (χ1) is 10.1. The third kappa shape index (κ3) is 4.18. The third-order valence-electron chi connectivity index (χ3n) is 4.17. The van der Waals surface area contributed by atoms with Crippen LogP contribution in [0.4, 0.5) is 0 Å². The van der Waals surface area contributed by atoms with Gasteiger partial charge in [0.05, 0.1) is 0 Å². The minimum absolute atomic E-state index is 0.357. The molecule has 1 N–H and O–H groups in total. The van der Waals surface area contributed by atoms with Crippen molar-refractivity contribution in [3.05, 3.63) is 70.8 Å². The molecule has 2 rings (SSSR count). The van der Waals surface area contributed by atoms with Gasteiger partial charge < -0.3 is 5.32 Å². The quantitative estimate of drug-likeness (QED) is 0.751. The topological polar surface area (TPSA) is 12.0 Å². The molecule has 2 aromatic carbocycles. The SMILES string of the molecule is CCCc1ccc(C(C)NC(C)c2ccccc2C)cc1. The summed E-state index contributed by atoms with van der Waals surface area (Å²) in [5, 5.41) is 3.70. The lowest BCUT2D eigenvalue weighted by atomic mass is 9.99. The highest BCUT2D eigenvalue weighted by Crippen LogP contribution is 2.22. The summed E-state index contributed by atoms with van der Waals surface area (Å²) in [5.41, 5.74) is 5.52. The van der Waals surface area contributed by atoms with E-state index in [0.717, 1.165) is 0 Å². The molecule has 0 bridgehead atoms. The molecule has 2 aromatic rings. The van der Waals surface area contributed by atoms with Gasteiger partial charge in [-0.25, -0.2) is 0 Å². The second-order valence-electron chi connectivity index (χ2n) is 5.96. The van der Waals surface area contributed by atoms with Crippen LogP contribution in [0.2, 0.25) is 0 Å². The summed E-state index contributed by atoms with van der Waals surface area (Å²) < 4.78 is 0. The van der Waals surface area contributed by atoms with Gasteiger partial charge in [-0.05, 0) is 49.4 Å². The van der Waals surface area contributed by atoms with Gasteiger partial charge in [-0.1, -0.05) is 61.9 Å². The maximum Gasteiger partial charge on any atom is 0.0300 e. The van der Waals surface area contributed by atoms with Crippen LogP contribution in [-0.4, -0.2) is 0 Å². The smallest absolute Gasteiger partial charge is 0.0300 e. The number of nitrogens with one attached hydrogen (secondary N) is 1. The van der Waals surface area contributed by atoms with E-state index < -0.39 is 0 Å². The molecule has 1 nitrogen and oxygen atoms in total. The lowest BCUT2D eigenvalue weighted by Gasteiger charge is -2.22. The van der Waals surface area contributed by atoms with Gasteiger partial charge in [0.15, 0.2) is 0 Å². The fourth-order valence-electron chi connectivity index (χ4n) is 2.90. The van der Waals surface area contributed by atoms with Crippen molar-refractivity contribution in [3.63, 3.8) is 0 Å². The Morgan fingerprint density at radius 1 is 0.905 bits per heavy atom. The molecule has 0 amide bonds. The lowest BCUT2D eigenvalue weighted by molar-refractivity contribution is 0.493. The molecule has 1 heteroatoms. The van der Waals surface area contributed by atoms with Gasteiger partial charge in [0.1, 0.15) is 0 Å². The highest BCUT2D eigenvalue weighted by atomic mass is 14.9. The van der Waals surface area contributed by atoms with E-state index in [1.165, 1.54) is 35.1 Å². The number of hydrogen-bond acceptors (Lipinski definition) is 1. The van der Waals surface area contributed by atoms with Crippen molar-refractivity contribution in [2.75, 3.05) is 0 Å². The molecule has 112 valence electrons. The predicted octanol–water partition coefficient (Wildman–Crippen LogP) is 5.36. The van der Waals surface area contributed by atoms with Crippen LogP contribution in [-0.2, 0) is 6.42 Å². The summed E-state index contributed by atoms with van der Waals surface area (Å²) in [6, 6.07) is 18.4. The minimum Gasteiger partial charge on any atom is -0.304 e. The molecule has 2 unspecified atom stereocenters. The molecule has 21 heavy (non-hydrogen) atoms. The first-order valence-electron chi connectivity index (χ1n) is 8.02. The van der Waals surface area contributed by atoms with E-state index >= 15 is 0 Å². The van der Waals surface area contributed by atoms with E-state index in [1.807, 2.05) is 0 Å². The van der Waals surface area contributed by atoms with E-state index in [9.17, 15) is 0 Å². The van der Waals surface area contributed by atoms with Crippen molar-refractivity contribution < 1.29 is 0 Å². The molecule has 0 fully saturated rings. The molecule has 0 saturated carbocycles. The molecule has 0 saturated heterocycles. The second-order valence-corrected chi connectivity index (χ2v) is 5.96. The summed E-state index contributed by atoms with van der Waals surface area (Å²) in [4.78, 5) is 0. The molecular formula is C20H27N. The van der Waals surface area contributed by atoms with E-state index in [0.29, 0.717) is 12.1 Å². The predicted molar refractivity (Wildman–Crippen MR) is 91.6 cm³/mol. The van der Waals surface area contributed by atoms with Crippen LogP contribution in [0.25, 0.3) is 0 Å². The van der Waals surface area contributed by atoms with E-state index in [1.54, 1.807) is 0 Å². The van der Waals surface area contributed by atoms with Gasteiger partial charge in [0, 0.05) is 12.1 Å². The molecule has 0 aromatic heterocycles. The van der Waals surface area contributed by atoms with Gasteiger partial charge in [-0.3, -0.25) is 0 Å². The third-order valence-corrected chi connectivity index (χ3v) is 4.17. The molecule has 0 aliphatic carbocycles. The van der Waals surface area contributed by atoms with E-state index in [2.05, 4.69) is 81.5 Å². The Morgan fingerprint density at radius 2 is 1.57 bits per heavy atom. The Kier molecular flexibility index (Phi) is 5.58. The van der Waals surface area contributed by atoms with Gasteiger partial charge in [-0.2, -0.15) is 0 Å². The molecule has 0 spiro atoms. The maximum absolute atomic E-state index is 3.70. The fourth-order valence-corrected chi connectivity index (χ4v) is 2.90. The Morgan fingerprint density at radius 3 is 2.19 bits per heavy atom. The molecular weight excluding hydrogens is 254 g/mol. The number of rotatable bonds is 6. The first kappa shape index (κ1) is 15.8. The summed E-state index contributed by atoms with van der Waals surface area (Å²) in [6.07, 6.45) is 2.37. The largest absolute Gasteiger partial charge is 0.304 e. The van der Waals surface area contributed by atoms with Gasteiger partial charge in [-0.15, -0.1) is 0 Å². The molecule has 0 aliphatic rings. The van der Waals surface area contributed by atoms with Gasteiger partial charge in [0.2, 0.25) is 0 Å². The first-order valence-corrected chi connectivity index (χ1v) is 8.02. The zero-order valence-corrected chi connectivity index (χ0v) is 13.7. The van der Waals surface area contributed by atoms with Crippen LogP contribution in [0.5, 0.6) is 0 Å². The summed E-state index contributed by atoms with van der Waals surface area (Å²) in [6.45, 7) is 8.88. The average Bonchev–Trinajstić information content (AvgIpc) is 2.48. The van der Waals surface area contributed by atoms with E-state index in [-0.39, 0.29) is 0 Å². The van der Waals surface area contributed by atoms with E-state index in [4.69, 9.17) is 0 Å². The van der Waals surface area contributed by atoms with Crippen molar-refractivity contribution in [3.8, 4) is 0 Å². The highest BCUT2D eigenvalue weighted by Gasteiger charge is 2.12. The summed E-state index contributed by atoms with van der Waals surface area (Å²) in [7, 11) is 0. The van der Waals surface area contributed by atoms with Crippen molar-refractivity contribution in [1.29, 1.82) is 0 Å². The van der Waals surface area contributed by atoms with Crippen LogP contribution < -0.4 is 5.32 Å². The zero-order chi connectivity index (χ0) is 15.2. The Balaban J connectivity index is 2.03.